The van der Waals surface area contributed by atoms with Crippen LogP contribution in [0.15, 0.2) is 48.8 Å². The van der Waals surface area contributed by atoms with Gasteiger partial charge in [0.2, 0.25) is 0 Å². The monoisotopic (exact) mass is 394 g/mol. The average Bonchev–Trinajstić information content (AvgIpc) is 3.05. The molecule has 4 rings (SSSR count). The normalized spacial score (nSPS) is 14.8. The number of hydrogen-bond acceptors (Lipinski definition) is 5. The van der Waals surface area contributed by atoms with E-state index >= 15 is 0 Å². The minimum Gasteiger partial charge on any atom is -0.354 e. The van der Waals surface area contributed by atoms with Crippen molar-refractivity contribution in [3.05, 3.63) is 60.2 Å². The van der Waals surface area contributed by atoms with Gasteiger partial charge in [0.05, 0.1) is 5.56 Å². The van der Waals surface area contributed by atoms with Crippen molar-refractivity contribution in [1.29, 1.82) is 0 Å². The summed E-state index contributed by atoms with van der Waals surface area (Å²) in [7, 11) is 3.99. The molecule has 0 atom stereocenters. The smallest absolute Gasteiger partial charge is 0.256 e. The van der Waals surface area contributed by atoms with Gasteiger partial charge in [-0.25, -0.2) is 4.39 Å². The number of likely N-dealkylation sites (N-methyl/N-ethyl adjacent to an activating group) is 1. The first-order chi connectivity index (χ1) is 14.0. The van der Waals surface area contributed by atoms with Gasteiger partial charge >= 0.3 is 0 Å². The Morgan fingerprint density at radius 3 is 2.31 bits per heavy atom. The number of piperazine rings is 1. The van der Waals surface area contributed by atoms with Crippen molar-refractivity contribution in [1.82, 2.24) is 19.7 Å². The first kappa shape index (κ1) is 19.1. The van der Waals surface area contributed by atoms with Gasteiger partial charge in [0.15, 0.2) is 5.82 Å². The Hall–Kier alpha value is -3.26. The number of anilines is 2. The van der Waals surface area contributed by atoms with Crippen LogP contribution in [0, 0.1) is 5.82 Å². The lowest BCUT2D eigenvalue weighted by molar-refractivity contribution is 0.102. The van der Waals surface area contributed by atoms with E-state index in [1.807, 2.05) is 19.2 Å². The SMILES string of the molecule is CN1CCN(c2c(-c3ccncc3)c(NC(=O)c3ccc(F)cc3)nn2C)CC1. The number of carbonyl (C=O) groups excluding carboxylic acids is 1. The molecule has 1 fully saturated rings. The Morgan fingerprint density at radius 2 is 1.66 bits per heavy atom. The number of aromatic nitrogens is 3. The Kier molecular flexibility index (Phi) is 5.26. The first-order valence-electron chi connectivity index (χ1n) is 9.51. The zero-order valence-electron chi connectivity index (χ0n) is 16.5. The van der Waals surface area contributed by atoms with Crippen LogP contribution in [-0.4, -0.2) is 58.8 Å². The molecule has 0 unspecified atom stereocenters. The standard InChI is InChI=1S/C21H23FN6O/c1-26-11-13-28(14-12-26)21-18(15-7-9-23-10-8-15)19(25-27(21)2)24-20(29)16-3-5-17(22)6-4-16/h3-10H,11-14H2,1-2H3,(H,24,25,29). The number of nitrogens with one attached hydrogen (secondary N) is 1. The van der Waals surface area contributed by atoms with Crippen LogP contribution in [-0.2, 0) is 7.05 Å². The molecule has 1 aromatic carbocycles. The van der Waals surface area contributed by atoms with E-state index in [9.17, 15) is 9.18 Å². The second kappa shape index (κ2) is 8.00. The number of rotatable bonds is 4. The molecule has 3 heterocycles. The van der Waals surface area contributed by atoms with Gasteiger partial charge in [-0.3, -0.25) is 14.5 Å². The van der Waals surface area contributed by atoms with Crippen molar-refractivity contribution in [3.63, 3.8) is 0 Å². The highest BCUT2D eigenvalue weighted by atomic mass is 19.1. The molecule has 1 aliphatic rings. The van der Waals surface area contributed by atoms with Gasteiger partial charge in [-0.15, -0.1) is 0 Å². The molecule has 1 aliphatic heterocycles. The van der Waals surface area contributed by atoms with Gasteiger partial charge in [0.25, 0.3) is 5.91 Å². The van der Waals surface area contributed by atoms with E-state index in [2.05, 4.69) is 32.2 Å². The van der Waals surface area contributed by atoms with E-state index in [0.29, 0.717) is 11.4 Å². The molecule has 2 aromatic heterocycles. The molecule has 3 aromatic rings. The lowest BCUT2D eigenvalue weighted by Gasteiger charge is -2.34. The molecule has 0 radical (unpaired) electrons. The molecule has 0 bridgehead atoms. The largest absolute Gasteiger partial charge is 0.354 e. The second-order valence-electron chi connectivity index (χ2n) is 7.16. The minimum absolute atomic E-state index is 0.330. The molecular formula is C21H23FN6O. The van der Waals surface area contributed by atoms with Crippen LogP contribution in [0.1, 0.15) is 10.4 Å². The van der Waals surface area contributed by atoms with Crippen molar-refractivity contribution in [3.8, 4) is 11.1 Å². The van der Waals surface area contributed by atoms with Crippen molar-refractivity contribution in [2.45, 2.75) is 0 Å². The Bertz CT molecular complexity index is 994. The summed E-state index contributed by atoms with van der Waals surface area (Å²) in [5.41, 5.74) is 2.16. The molecule has 150 valence electrons. The fraction of sp³-hybridized carbons (Fsp3) is 0.286. The van der Waals surface area contributed by atoms with Crippen LogP contribution in [0.5, 0.6) is 0 Å². The maximum atomic E-state index is 13.2. The molecule has 0 aliphatic carbocycles. The lowest BCUT2D eigenvalue weighted by atomic mass is 10.1. The Labute approximate surface area is 168 Å². The van der Waals surface area contributed by atoms with E-state index < -0.39 is 0 Å². The highest BCUT2D eigenvalue weighted by Gasteiger charge is 2.26. The van der Waals surface area contributed by atoms with Gasteiger partial charge < -0.3 is 15.1 Å². The van der Waals surface area contributed by atoms with E-state index in [-0.39, 0.29) is 11.7 Å². The van der Waals surface area contributed by atoms with E-state index in [4.69, 9.17) is 0 Å². The number of nitrogens with zero attached hydrogens (tertiary/aromatic N) is 5. The summed E-state index contributed by atoms with van der Waals surface area (Å²) in [6, 6.07) is 9.27. The topological polar surface area (TPSA) is 66.3 Å². The molecule has 0 spiro atoms. The molecule has 0 saturated carbocycles. The second-order valence-corrected chi connectivity index (χ2v) is 7.16. The van der Waals surface area contributed by atoms with Crippen molar-refractivity contribution in [2.24, 2.45) is 7.05 Å². The summed E-state index contributed by atoms with van der Waals surface area (Å²) < 4.78 is 15.0. The van der Waals surface area contributed by atoms with Crippen LogP contribution in [0.25, 0.3) is 11.1 Å². The number of benzene rings is 1. The summed E-state index contributed by atoms with van der Waals surface area (Å²) in [5, 5.41) is 7.50. The maximum Gasteiger partial charge on any atom is 0.256 e. The van der Waals surface area contributed by atoms with Crippen LogP contribution in [0.4, 0.5) is 16.0 Å². The molecule has 8 heteroatoms. The predicted octanol–water partition coefficient (Wildman–Crippen LogP) is 2.63. The number of hydrogen-bond donors (Lipinski definition) is 1. The summed E-state index contributed by atoms with van der Waals surface area (Å²) in [4.78, 5) is 21.4. The number of pyridine rings is 1. The maximum absolute atomic E-state index is 13.2. The molecule has 7 nitrogen and oxygen atoms in total. The van der Waals surface area contributed by atoms with Crippen LogP contribution < -0.4 is 10.2 Å². The highest BCUT2D eigenvalue weighted by molar-refractivity contribution is 6.06. The Morgan fingerprint density at radius 1 is 1.00 bits per heavy atom. The van der Waals surface area contributed by atoms with Crippen LogP contribution in [0.3, 0.4) is 0 Å². The molecule has 29 heavy (non-hydrogen) atoms. The quantitative estimate of drug-likeness (QED) is 0.737. The Balaban J connectivity index is 1.72. The number of halogens is 1. The summed E-state index contributed by atoms with van der Waals surface area (Å²) in [6.07, 6.45) is 3.45. The number of amides is 1. The summed E-state index contributed by atoms with van der Waals surface area (Å²) in [5.74, 6) is 0.721. The zero-order valence-corrected chi connectivity index (χ0v) is 16.5. The predicted molar refractivity (Wildman–Crippen MR) is 111 cm³/mol. The van der Waals surface area contributed by atoms with Gasteiger partial charge in [-0.05, 0) is 49.0 Å². The zero-order chi connectivity index (χ0) is 20.4. The first-order valence-corrected chi connectivity index (χ1v) is 9.51. The van der Waals surface area contributed by atoms with Crippen molar-refractivity contribution < 1.29 is 9.18 Å². The fourth-order valence-electron chi connectivity index (χ4n) is 3.55. The fourth-order valence-corrected chi connectivity index (χ4v) is 3.55. The van der Waals surface area contributed by atoms with Crippen LogP contribution in [0.2, 0.25) is 0 Å². The molecular weight excluding hydrogens is 371 g/mol. The highest BCUT2D eigenvalue weighted by Crippen LogP contribution is 2.37. The van der Waals surface area contributed by atoms with Gasteiger partial charge in [0.1, 0.15) is 11.6 Å². The third-order valence-corrected chi connectivity index (χ3v) is 5.13. The number of carbonyl (C=O) groups is 1. The van der Waals surface area contributed by atoms with Crippen molar-refractivity contribution >= 4 is 17.5 Å². The van der Waals surface area contributed by atoms with Gasteiger partial charge in [-0.1, -0.05) is 0 Å². The average molecular weight is 394 g/mol. The van der Waals surface area contributed by atoms with E-state index in [0.717, 1.165) is 43.1 Å². The minimum atomic E-state index is -0.380. The van der Waals surface area contributed by atoms with Crippen molar-refractivity contribution in [2.75, 3.05) is 43.4 Å². The third-order valence-electron chi connectivity index (χ3n) is 5.13. The molecule has 1 N–H and O–H groups in total. The van der Waals surface area contributed by atoms with E-state index in [1.54, 1.807) is 17.1 Å². The number of aryl methyl sites for hydroxylation is 1. The summed E-state index contributed by atoms with van der Waals surface area (Å²) >= 11 is 0. The third kappa shape index (κ3) is 3.97. The molecule has 1 amide bonds. The van der Waals surface area contributed by atoms with Gasteiger partial charge in [0, 0.05) is 51.2 Å². The lowest BCUT2D eigenvalue weighted by Crippen LogP contribution is -2.45. The summed E-state index contributed by atoms with van der Waals surface area (Å²) in [6.45, 7) is 3.66. The van der Waals surface area contributed by atoms with Gasteiger partial charge in [-0.2, -0.15) is 5.10 Å². The van der Waals surface area contributed by atoms with Crippen LogP contribution >= 0.6 is 0 Å². The van der Waals surface area contributed by atoms with E-state index in [1.165, 1.54) is 24.3 Å². The molecule has 1 saturated heterocycles.